The van der Waals surface area contributed by atoms with Gasteiger partial charge < -0.3 is 15.2 Å². The van der Waals surface area contributed by atoms with Crippen LogP contribution in [0.5, 0.6) is 11.5 Å². The first-order valence-electron chi connectivity index (χ1n) is 10.8. The van der Waals surface area contributed by atoms with Crippen molar-refractivity contribution >= 4 is 51.0 Å². The van der Waals surface area contributed by atoms with E-state index in [-0.39, 0.29) is 22.8 Å². The Bertz CT molecular complexity index is 1430. The van der Waals surface area contributed by atoms with Crippen molar-refractivity contribution in [2.24, 2.45) is 5.10 Å². The molecule has 1 radical (unpaired) electrons. The van der Waals surface area contributed by atoms with Crippen molar-refractivity contribution in [1.29, 1.82) is 0 Å². The molecule has 5 aromatic rings. The van der Waals surface area contributed by atoms with Gasteiger partial charge in [-0.05, 0) is 48.6 Å². The van der Waals surface area contributed by atoms with Gasteiger partial charge in [0.15, 0.2) is 16.6 Å². The number of thiocarbonyl (C=S) groups is 1. The minimum Gasteiger partial charge on any atom is -0.504 e. The zero-order chi connectivity index (χ0) is 24.5. The monoisotopic (exact) mass is 544 g/mol. The van der Waals surface area contributed by atoms with Crippen molar-refractivity contribution in [3.8, 4) is 11.5 Å². The molecule has 5 rings (SSSR count). The molecular weight excluding hydrogens is 522 g/mol. The number of nitrogens with one attached hydrogen (secondary N) is 2. The summed E-state index contributed by atoms with van der Waals surface area (Å²) in [6.45, 7) is 0. The van der Waals surface area contributed by atoms with E-state index in [1.807, 2.05) is 42.5 Å². The summed E-state index contributed by atoms with van der Waals surface area (Å²) in [5, 5.41) is 19.5. The topological polar surface area (TPSA) is 91.7 Å². The number of aromatic nitrogens is 2. The largest absolute Gasteiger partial charge is 0.504 e. The number of fused-ring (bicyclic) bond motifs is 3. The van der Waals surface area contributed by atoms with Crippen molar-refractivity contribution in [2.45, 2.75) is 0 Å². The Morgan fingerprint density at radius 2 is 1.50 bits per heavy atom. The Hall–Kier alpha value is -4.04. The van der Waals surface area contributed by atoms with Crippen LogP contribution in [0.25, 0.3) is 21.8 Å². The molecule has 0 aliphatic carbocycles. The fourth-order valence-corrected chi connectivity index (χ4v) is 3.50. The minimum absolute atomic E-state index is 0. The predicted octanol–water partition coefficient (Wildman–Crippen LogP) is 5.50. The molecule has 185 valence electrons. The third-order valence-electron chi connectivity index (χ3n) is 5.00. The van der Waals surface area contributed by atoms with Gasteiger partial charge in [-0.3, -0.25) is 15.4 Å². The number of phenols is 1. The molecule has 0 bridgehead atoms. The van der Waals surface area contributed by atoms with Crippen LogP contribution in [0.15, 0.2) is 102 Å². The maximum Gasteiger partial charge on any atom is 0.191 e. The zero-order valence-corrected chi connectivity index (χ0v) is 21.0. The van der Waals surface area contributed by atoms with E-state index in [1.54, 1.807) is 30.6 Å². The molecule has 0 aliphatic heterocycles. The van der Waals surface area contributed by atoms with Gasteiger partial charge >= 0.3 is 0 Å². The van der Waals surface area contributed by atoms with Crippen LogP contribution in [0, 0.1) is 0 Å². The van der Waals surface area contributed by atoms with Crippen molar-refractivity contribution in [3.05, 3.63) is 103 Å². The number of pyridine rings is 2. The molecule has 9 heteroatoms. The van der Waals surface area contributed by atoms with Gasteiger partial charge in [-0.2, -0.15) is 5.10 Å². The Kier molecular flexibility index (Phi) is 9.71. The van der Waals surface area contributed by atoms with Gasteiger partial charge in [-0.25, -0.2) is 0 Å². The number of anilines is 1. The number of nitrogens with zero attached hydrogens (tertiary/aromatic N) is 3. The number of hydrogen-bond acceptors (Lipinski definition) is 6. The number of benzene rings is 3. The normalized spacial score (nSPS) is 10.2. The quantitative estimate of drug-likeness (QED) is 0.0904. The fourth-order valence-electron chi connectivity index (χ4n) is 3.33. The van der Waals surface area contributed by atoms with Gasteiger partial charge in [-0.1, -0.05) is 48.5 Å². The average Bonchev–Trinajstić information content (AvgIpc) is 2.90. The van der Waals surface area contributed by atoms with Crippen molar-refractivity contribution in [2.75, 3.05) is 12.4 Å². The first-order valence-corrected chi connectivity index (χ1v) is 11.2. The minimum atomic E-state index is 0. The van der Waals surface area contributed by atoms with Gasteiger partial charge in [0.1, 0.15) is 0 Å². The fraction of sp³-hybridized carbons (Fsp3) is 0.0370. The second-order valence-corrected chi connectivity index (χ2v) is 7.71. The second kappa shape index (κ2) is 13.2. The van der Waals surface area contributed by atoms with E-state index < -0.39 is 0 Å². The van der Waals surface area contributed by atoms with Crippen molar-refractivity contribution in [1.82, 2.24) is 15.4 Å². The van der Waals surface area contributed by atoms with Crippen LogP contribution in [0.4, 0.5) is 5.69 Å². The molecule has 2 aromatic heterocycles. The molecule has 0 spiro atoms. The molecule has 3 N–H and O–H groups in total. The average molecular weight is 545 g/mol. The SMILES string of the molecule is COc1cccc(/C=N/NC(=S)Nc2ccccc2)c1O.[Cu].c1cnc2c(c1)ccc1cccnc12. The summed E-state index contributed by atoms with van der Waals surface area (Å²) in [5.41, 5.74) is 6.04. The first-order chi connectivity index (χ1) is 17.2. The number of ether oxygens (including phenoxy) is 1. The molecule has 0 unspecified atom stereocenters. The van der Waals surface area contributed by atoms with E-state index in [1.165, 1.54) is 13.3 Å². The van der Waals surface area contributed by atoms with E-state index in [2.05, 4.69) is 50.1 Å². The summed E-state index contributed by atoms with van der Waals surface area (Å²) in [4.78, 5) is 8.69. The van der Waals surface area contributed by atoms with Crippen LogP contribution < -0.4 is 15.5 Å². The molecule has 0 saturated carbocycles. The molecule has 0 amide bonds. The second-order valence-electron chi connectivity index (χ2n) is 7.30. The van der Waals surface area contributed by atoms with Crippen molar-refractivity contribution in [3.63, 3.8) is 0 Å². The Morgan fingerprint density at radius 3 is 2.11 bits per heavy atom. The van der Waals surface area contributed by atoms with Crippen LogP contribution in [0.1, 0.15) is 5.56 Å². The number of methoxy groups -OCH3 is 1. The maximum absolute atomic E-state index is 9.90. The summed E-state index contributed by atoms with van der Waals surface area (Å²) in [5.74, 6) is 0.427. The summed E-state index contributed by atoms with van der Waals surface area (Å²) in [7, 11) is 1.49. The Labute approximate surface area is 224 Å². The molecule has 0 atom stereocenters. The maximum atomic E-state index is 9.90. The third kappa shape index (κ3) is 6.76. The number of aromatic hydroxyl groups is 1. The Morgan fingerprint density at radius 1 is 0.861 bits per heavy atom. The van der Waals surface area contributed by atoms with Gasteiger partial charge in [-0.15, -0.1) is 0 Å². The summed E-state index contributed by atoms with van der Waals surface area (Å²) in [6.07, 6.45) is 5.07. The van der Waals surface area contributed by atoms with Crippen molar-refractivity contribution < 1.29 is 26.9 Å². The van der Waals surface area contributed by atoms with Crippen LogP contribution in [-0.2, 0) is 17.1 Å². The first kappa shape index (κ1) is 26.6. The number of para-hydroxylation sites is 2. The number of hydrogen-bond donors (Lipinski definition) is 3. The Balaban J connectivity index is 0.000000208. The molecule has 7 nitrogen and oxygen atoms in total. The molecule has 0 saturated heterocycles. The van der Waals surface area contributed by atoms with E-state index in [0.717, 1.165) is 27.5 Å². The molecule has 0 fully saturated rings. The van der Waals surface area contributed by atoms with E-state index in [4.69, 9.17) is 17.0 Å². The number of phenolic OH excluding ortho intramolecular Hbond substituents is 1. The molecular formula is C27H23CuN5O2S. The molecule has 0 aliphatic rings. The molecule has 36 heavy (non-hydrogen) atoms. The van der Waals surface area contributed by atoms with Crippen LogP contribution in [0.3, 0.4) is 0 Å². The predicted molar refractivity (Wildman–Crippen MR) is 145 cm³/mol. The number of rotatable bonds is 4. The van der Waals surface area contributed by atoms with Gasteiger partial charge in [0.25, 0.3) is 0 Å². The van der Waals surface area contributed by atoms with Gasteiger partial charge in [0, 0.05) is 51.5 Å². The zero-order valence-electron chi connectivity index (χ0n) is 19.2. The smallest absolute Gasteiger partial charge is 0.191 e. The van der Waals surface area contributed by atoms with Crippen LogP contribution >= 0.6 is 12.2 Å². The van der Waals surface area contributed by atoms with E-state index >= 15 is 0 Å². The van der Waals surface area contributed by atoms with E-state index in [9.17, 15) is 5.11 Å². The van der Waals surface area contributed by atoms with E-state index in [0.29, 0.717) is 16.4 Å². The molecule has 3 aromatic carbocycles. The number of hydrazone groups is 1. The van der Waals surface area contributed by atoms with Crippen LogP contribution in [-0.4, -0.2) is 33.5 Å². The van der Waals surface area contributed by atoms with Crippen LogP contribution in [0.2, 0.25) is 0 Å². The standard InChI is InChI=1S/C15H15N3O2S.C12H8N2.Cu/c1-20-13-9-5-6-11(14(13)19)10-16-18-15(21)17-12-7-3-2-4-8-12;1-3-9-5-6-10-4-2-8-14-12(10)11(9)13-7-1;/h2-10,19H,1H3,(H2,17,18,21);1-8H;/b16-10+;;. The summed E-state index contributed by atoms with van der Waals surface area (Å²) >= 11 is 5.11. The van der Waals surface area contributed by atoms with Gasteiger partial charge in [0.05, 0.1) is 24.4 Å². The molecule has 2 heterocycles. The van der Waals surface area contributed by atoms with Gasteiger partial charge in [0.2, 0.25) is 0 Å². The third-order valence-corrected chi connectivity index (χ3v) is 5.19. The summed E-state index contributed by atoms with van der Waals surface area (Å²) < 4.78 is 5.02. The summed E-state index contributed by atoms with van der Waals surface area (Å²) in [6, 6.07) is 26.8.